The van der Waals surface area contributed by atoms with Gasteiger partial charge in [0.2, 0.25) is 0 Å². The van der Waals surface area contributed by atoms with Gasteiger partial charge in [0.05, 0.1) is 0 Å². The average molecular weight is 443 g/mol. The van der Waals surface area contributed by atoms with Crippen molar-refractivity contribution in [3.8, 4) is 23.0 Å². The second-order valence-corrected chi connectivity index (χ2v) is 8.84. The Hall–Kier alpha value is -3.42. The van der Waals surface area contributed by atoms with Crippen LogP contribution in [-0.2, 0) is 12.8 Å². The highest BCUT2D eigenvalue weighted by Crippen LogP contribution is 2.42. The molecule has 2 N–H and O–H groups in total. The summed E-state index contributed by atoms with van der Waals surface area (Å²) in [5, 5.41) is 4.82. The first kappa shape index (κ1) is 23.2. The minimum Gasteiger partial charge on any atom is -0.483 e. The summed E-state index contributed by atoms with van der Waals surface area (Å²) >= 11 is 0. The number of para-hydroxylation sites is 2. The third-order valence-corrected chi connectivity index (χ3v) is 4.92. The number of amides is 2. The van der Waals surface area contributed by atoms with E-state index in [4.69, 9.17) is 18.9 Å². The van der Waals surface area contributed by atoms with Gasteiger partial charge in [-0.25, -0.2) is 9.59 Å². The van der Waals surface area contributed by atoms with E-state index in [1.807, 2.05) is 52.0 Å². The van der Waals surface area contributed by atoms with Gasteiger partial charge in [-0.1, -0.05) is 24.3 Å². The number of carbonyl (C=O) groups excluding carboxylic acids is 2. The van der Waals surface area contributed by atoms with Crippen molar-refractivity contribution in [2.75, 3.05) is 14.1 Å². The Balaban J connectivity index is 0.000000181. The topological polar surface area (TPSA) is 95.1 Å². The van der Waals surface area contributed by atoms with E-state index in [2.05, 4.69) is 10.6 Å². The zero-order chi connectivity index (χ0) is 23.5. The van der Waals surface area contributed by atoms with Crippen LogP contribution in [-0.4, -0.2) is 37.5 Å². The molecule has 2 aromatic carbocycles. The summed E-state index contributed by atoms with van der Waals surface area (Å²) in [4.78, 5) is 22.3. The summed E-state index contributed by atoms with van der Waals surface area (Å²) in [7, 11) is 3.05. The van der Waals surface area contributed by atoms with Gasteiger partial charge in [0.1, 0.15) is 11.2 Å². The number of rotatable bonds is 2. The number of hydrogen-bond acceptors (Lipinski definition) is 6. The van der Waals surface area contributed by atoms with Crippen LogP contribution in [0.15, 0.2) is 36.4 Å². The third kappa shape index (κ3) is 5.43. The Kier molecular flexibility index (Phi) is 6.52. The highest BCUT2D eigenvalue weighted by Gasteiger charge is 2.33. The van der Waals surface area contributed by atoms with Crippen molar-refractivity contribution in [1.82, 2.24) is 10.6 Å². The molecule has 2 aromatic rings. The smallest absolute Gasteiger partial charge is 0.412 e. The van der Waals surface area contributed by atoms with Crippen LogP contribution in [0.2, 0.25) is 0 Å². The molecule has 8 heteroatoms. The number of ether oxygens (including phenoxy) is 4. The normalized spacial score (nSPS) is 16.2. The molecule has 2 aliphatic rings. The van der Waals surface area contributed by atoms with Crippen LogP contribution in [0.5, 0.6) is 23.0 Å². The second-order valence-electron chi connectivity index (χ2n) is 8.84. The van der Waals surface area contributed by atoms with Crippen molar-refractivity contribution in [1.29, 1.82) is 0 Å². The number of benzene rings is 2. The Morgan fingerprint density at radius 3 is 1.47 bits per heavy atom. The molecule has 172 valence electrons. The molecule has 0 aromatic heterocycles. The fourth-order valence-corrected chi connectivity index (χ4v) is 3.64. The number of carbonyl (C=O) groups is 2. The summed E-state index contributed by atoms with van der Waals surface area (Å²) < 4.78 is 21.8. The molecule has 0 fully saturated rings. The Bertz CT molecular complexity index is 934. The fourth-order valence-electron chi connectivity index (χ4n) is 3.64. The van der Waals surface area contributed by atoms with E-state index in [1.54, 1.807) is 12.1 Å². The summed E-state index contributed by atoms with van der Waals surface area (Å²) in [6.07, 6.45) is 0.684. The van der Waals surface area contributed by atoms with Crippen molar-refractivity contribution in [2.45, 2.75) is 51.7 Å². The molecule has 2 amide bonds. The molecular weight excluding hydrogens is 412 g/mol. The van der Waals surface area contributed by atoms with Crippen LogP contribution < -0.4 is 29.6 Å². The van der Waals surface area contributed by atoms with Gasteiger partial charge in [0.25, 0.3) is 0 Å². The molecule has 0 saturated carbocycles. The molecule has 0 radical (unpaired) electrons. The monoisotopic (exact) mass is 442 g/mol. The summed E-state index contributed by atoms with van der Waals surface area (Å²) in [5.74, 6) is 2.30. The molecule has 0 unspecified atom stereocenters. The van der Waals surface area contributed by atoms with Gasteiger partial charge in [-0.2, -0.15) is 0 Å². The van der Waals surface area contributed by atoms with E-state index >= 15 is 0 Å². The zero-order valence-corrected chi connectivity index (χ0v) is 19.3. The lowest BCUT2D eigenvalue weighted by Gasteiger charge is -2.17. The third-order valence-electron chi connectivity index (χ3n) is 4.92. The maximum absolute atomic E-state index is 11.2. The van der Waals surface area contributed by atoms with Crippen LogP contribution in [0.3, 0.4) is 0 Å². The van der Waals surface area contributed by atoms with Crippen LogP contribution in [0.4, 0.5) is 9.59 Å². The molecule has 2 heterocycles. The van der Waals surface area contributed by atoms with Crippen LogP contribution in [0.1, 0.15) is 38.8 Å². The summed E-state index contributed by atoms with van der Waals surface area (Å²) in [5.41, 5.74) is 1.69. The first-order valence-corrected chi connectivity index (χ1v) is 10.4. The maximum atomic E-state index is 11.2. The minimum absolute atomic E-state index is 0.232. The fraction of sp³-hybridized carbons (Fsp3) is 0.417. The van der Waals surface area contributed by atoms with Crippen LogP contribution in [0.25, 0.3) is 0 Å². The standard InChI is InChI=1S/2C12H15NO3/c2*1-12(2)7-8-5-4-6-9(10(8)16-12)15-11(14)13-3/h2*4-6H,7H2,1-3H3,(H,13,14). The molecule has 32 heavy (non-hydrogen) atoms. The van der Waals surface area contributed by atoms with Gasteiger partial charge < -0.3 is 29.6 Å². The van der Waals surface area contributed by atoms with Gasteiger partial charge in [0.15, 0.2) is 23.0 Å². The molecule has 4 rings (SSSR count). The Labute approximate surface area is 188 Å². The zero-order valence-electron chi connectivity index (χ0n) is 19.3. The van der Waals surface area contributed by atoms with Crippen molar-refractivity contribution < 1.29 is 28.5 Å². The molecular formula is C24H30N2O6. The van der Waals surface area contributed by atoms with E-state index in [9.17, 15) is 9.59 Å². The van der Waals surface area contributed by atoms with Crippen molar-refractivity contribution in [2.24, 2.45) is 0 Å². The van der Waals surface area contributed by atoms with E-state index in [0.29, 0.717) is 23.0 Å². The van der Waals surface area contributed by atoms with Gasteiger partial charge in [-0.3, -0.25) is 0 Å². The summed E-state index contributed by atoms with van der Waals surface area (Å²) in [6.45, 7) is 8.04. The van der Waals surface area contributed by atoms with Crippen LogP contribution >= 0.6 is 0 Å². The minimum atomic E-state index is -0.485. The molecule has 0 aliphatic carbocycles. The SMILES string of the molecule is CNC(=O)Oc1cccc2c1OC(C)(C)C2.CNC(=O)Oc1cccc2c1OC(C)(C)C2. The number of nitrogens with one attached hydrogen (secondary N) is 2. The lowest BCUT2D eigenvalue weighted by molar-refractivity contribution is 0.133. The van der Waals surface area contributed by atoms with Gasteiger partial charge in [-0.05, 0) is 39.8 Å². The van der Waals surface area contributed by atoms with Crippen molar-refractivity contribution in [3.63, 3.8) is 0 Å². The Morgan fingerprint density at radius 2 is 1.12 bits per heavy atom. The highest BCUT2D eigenvalue weighted by molar-refractivity contribution is 5.72. The summed E-state index contributed by atoms with van der Waals surface area (Å²) in [6, 6.07) is 11.2. The quantitative estimate of drug-likeness (QED) is 0.723. The first-order chi connectivity index (χ1) is 15.0. The van der Waals surface area contributed by atoms with E-state index in [-0.39, 0.29) is 11.2 Å². The number of fused-ring (bicyclic) bond motifs is 2. The molecule has 0 saturated heterocycles. The predicted octanol–water partition coefficient (Wildman–Crippen LogP) is 4.24. The Morgan fingerprint density at radius 1 is 0.750 bits per heavy atom. The maximum Gasteiger partial charge on any atom is 0.412 e. The highest BCUT2D eigenvalue weighted by atomic mass is 16.6. The molecule has 2 aliphatic heterocycles. The predicted molar refractivity (Wildman–Crippen MR) is 120 cm³/mol. The van der Waals surface area contributed by atoms with Crippen LogP contribution in [0, 0.1) is 0 Å². The lowest BCUT2D eigenvalue weighted by Crippen LogP contribution is -2.25. The van der Waals surface area contributed by atoms with Gasteiger partial charge in [0, 0.05) is 38.1 Å². The lowest BCUT2D eigenvalue weighted by atomic mass is 10.0. The largest absolute Gasteiger partial charge is 0.483 e. The second kappa shape index (κ2) is 8.98. The van der Waals surface area contributed by atoms with Gasteiger partial charge in [-0.15, -0.1) is 0 Å². The number of hydrogen-bond donors (Lipinski definition) is 2. The van der Waals surface area contributed by atoms with Crippen molar-refractivity contribution in [3.05, 3.63) is 47.5 Å². The molecule has 0 spiro atoms. The molecule has 0 bridgehead atoms. The van der Waals surface area contributed by atoms with Crippen molar-refractivity contribution >= 4 is 12.2 Å². The first-order valence-electron chi connectivity index (χ1n) is 10.4. The van der Waals surface area contributed by atoms with E-state index < -0.39 is 12.2 Å². The average Bonchev–Trinajstić information content (AvgIpc) is 3.22. The molecule has 8 nitrogen and oxygen atoms in total. The molecule has 0 atom stereocenters. The van der Waals surface area contributed by atoms with E-state index in [1.165, 1.54) is 14.1 Å². The van der Waals surface area contributed by atoms with E-state index in [0.717, 1.165) is 24.0 Å². The van der Waals surface area contributed by atoms with Gasteiger partial charge >= 0.3 is 12.2 Å².